The number of benzene rings is 2. The van der Waals surface area contributed by atoms with Gasteiger partial charge in [-0.15, -0.1) is 0 Å². The van der Waals surface area contributed by atoms with Gasteiger partial charge in [-0.1, -0.05) is 12.1 Å². The molecular weight excluding hydrogens is 683 g/mol. The van der Waals surface area contributed by atoms with Crippen molar-refractivity contribution in [3.05, 3.63) is 93.8 Å². The lowest BCUT2D eigenvalue weighted by Gasteiger charge is -2.21. The van der Waals surface area contributed by atoms with Crippen molar-refractivity contribution in [2.75, 3.05) is 17.2 Å². The summed E-state index contributed by atoms with van der Waals surface area (Å²) in [5.74, 6) is 0.505. The average Bonchev–Trinajstić information content (AvgIpc) is 3.99. The van der Waals surface area contributed by atoms with E-state index in [4.69, 9.17) is 0 Å². The Bertz CT molecular complexity index is 2520. The number of carbonyl (C=O) groups is 2. The Balaban J connectivity index is 0.000000143. The van der Waals surface area contributed by atoms with Gasteiger partial charge in [0.1, 0.15) is 35.6 Å². The maximum Gasteiger partial charge on any atom is 0.306 e. The molecule has 2 atom stereocenters. The van der Waals surface area contributed by atoms with Crippen LogP contribution in [0, 0.1) is 11.8 Å². The van der Waals surface area contributed by atoms with E-state index in [-0.39, 0.29) is 17.7 Å². The van der Waals surface area contributed by atoms with E-state index in [1.54, 1.807) is 6.33 Å². The van der Waals surface area contributed by atoms with Gasteiger partial charge in [-0.2, -0.15) is 0 Å². The van der Waals surface area contributed by atoms with Crippen molar-refractivity contribution >= 4 is 69.4 Å². The summed E-state index contributed by atoms with van der Waals surface area (Å²) in [7, 11) is 0. The van der Waals surface area contributed by atoms with Crippen LogP contribution in [0.5, 0.6) is 0 Å². The third-order valence-corrected chi connectivity index (χ3v) is 10.8. The molecule has 10 rings (SSSR count). The molecule has 2 aliphatic carbocycles. The lowest BCUT2D eigenvalue weighted by Crippen LogP contribution is -2.33. The fourth-order valence-electron chi connectivity index (χ4n) is 8.06. The molecule has 0 fully saturated rings. The van der Waals surface area contributed by atoms with Crippen molar-refractivity contribution < 1.29 is 14.7 Å². The summed E-state index contributed by atoms with van der Waals surface area (Å²) in [6.45, 7) is 4.10. The van der Waals surface area contributed by atoms with Crippen LogP contribution in [0.1, 0.15) is 64.5 Å². The Labute approximate surface area is 310 Å². The van der Waals surface area contributed by atoms with E-state index in [1.165, 1.54) is 23.1 Å². The summed E-state index contributed by atoms with van der Waals surface area (Å²) in [4.78, 5) is 56.9. The van der Waals surface area contributed by atoms with Crippen LogP contribution in [0.15, 0.2) is 59.0 Å². The van der Waals surface area contributed by atoms with Gasteiger partial charge in [0.2, 0.25) is 5.91 Å². The largest absolute Gasteiger partial charge is 0.481 e. The summed E-state index contributed by atoms with van der Waals surface area (Å²) in [6, 6.07) is 12.4. The molecule has 0 saturated carbocycles. The van der Waals surface area contributed by atoms with Crippen molar-refractivity contribution in [2.45, 2.75) is 58.5 Å². The van der Waals surface area contributed by atoms with Crippen LogP contribution in [-0.4, -0.2) is 65.9 Å². The second-order valence-corrected chi connectivity index (χ2v) is 14.2. The lowest BCUT2D eigenvalue weighted by atomic mass is 9.86. The molecule has 6 aromatic rings. The molecule has 6 N–H and O–H groups in total. The number of aryl methyl sites for hydroxylation is 2. The molecule has 0 radical (unpaired) electrons. The zero-order valence-electron chi connectivity index (χ0n) is 29.7. The Hall–Kier alpha value is -6.44. The van der Waals surface area contributed by atoms with Crippen LogP contribution >= 0.6 is 0 Å². The van der Waals surface area contributed by atoms with Gasteiger partial charge >= 0.3 is 5.97 Å². The summed E-state index contributed by atoms with van der Waals surface area (Å²) < 4.78 is 0. The van der Waals surface area contributed by atoms with Crippen LogP contribution in [0.3, 0.4) is 0 Å². The Morgan fingerprint density at radius 1 is 0.741 bits per heavy atom. The number of hydrogen-bond donors (Lipinski definition) is 6. The molecule has 54 heavy (non-hydrogen) atoms. The van der Waals surface area contributed by atoms with Crippen LogP contribution in [-0.2, 0) is 48.4 Å². The number of rotatable bonds is 7. The van der Waals surface area contributed by atoms with E-state index < -0.39 is 5.97 Å². The third kappa shape index (κ3) is 6.22. The molecular formula is C40H39N11O3. The molecule has 0 bridgehead atoms. The van der Waals surface area contributed by atoms with Crippen LogP contribution in [0.2, 0.25) is 0 Å². The number of aromatic nitrogens is 6. The minimum atomic E-state index is -0.741. The average molecular weight is 722 g/mol. The SMILES string of the molecule is CCNC(=O)C1CCc2[nH]c3ncnc(Nc4ccc5c(c4)C=NC5)c3c2C1.O=C(O)C1CCc2[nH]c3ncnc(Nc4ccc5c(c4)C=NC5)c3c2C1. The molecule has 6 heterocycles. The number of anilines is 4. The van der Waals surface area contributed by atoms with Gasteiger partial charge in [-0.05, 0) is 103 Å². The maximum atomic E-state index is 12.4. The highest BCUT2D eigenvalue weighted by Crippen LogP contribution is 2.37. The number of carboxylic acids is 1. The van der Waals surface area contributed by atoms with Crippen LogP contribution < -0.4 is 16.0 Å². The quantitative estimate of drug-likeness (QED) is 0.120. The molecule has 14 heteroatoms. The van der Waals surface area contributed by atoms with Gasteiger partial charge in [-0.3, -0.25) is 19.6 Å². The zero-order chi connectivity index (χ0) is 36.8. The summed E-state index contributed by atoms with van der Waals surface area (Å²) >= 11 is 0. The molecule has 0 spiro atoms. The van der Waals surface area contributed by atoms with E-state index in [1.807, 2.05) is 25.4 Å². The van der Waals surface area contributed by atoms with Crippen molar-refractivity contribution in [1.82, 2.24) is 35.2 Å². The molecule has 2 unspecified atom stereocenters. The van der Waals surface area contributed by atoms with Gasteiger partial charge in [-0.25, -0.2) is 19.9 Å². The normalized spacial score (nSPS) is 17.6. The standard InChI is InChI=1S/C21H22N6O.C19H17N5O2/c1-2-23-21(28)12-4-6-17-16(8-12)18-19(24-11-25-20(18)27-17)26-15-5-3-13-9-22-10-14(13)7-15;25-19(26)10-2-4-15-14(6-10)16-17(21-9-22-18(16)24-15)23-13-3-1-11-7-20-8-12(11)5-13/h3,5,7,10-12H,2,4,6,8-9H2,1H3,(H,23,28)(H2,24,25,26,27);1,3,5,8-10H,2,4,6-7H2,(H,25,26)(H2,21,22,23,24). The van der Waals surface area contributed by atoms with E-state index in [2.05, 4.69) is 86.2 Å². The fourth-order valence-corrected chi connectivity index (χ4v) is 8.06. The third-order valence-electron chi connectivity index (χ3n) is 10.8. The smallest absolute Gasteiger partial charge is 0.306 e. The van der Waals surface area contributed by atoms with Gasteiger partial charge < -0.3 is 31.0 Å². The molecule has 2 aromatic carbocycles. The van der Waals surface area contributed by atoms with Gasteiger partial charge in [0.25, 0.3) is 0 Å². The molecule has 0 saturated heterocycles. The fraction of sp³-hybridized carbons (Fsp3) is 0.300. The zero-order valence-corrected chi connectivity index (χ0v) is 29.7. The van der Waals surface area contributed by atoms with Crippen molar-refractivity contribution in [3.63, 3.8) is 0 Å². The number of aromatic amines is 2. The molecule has 4 aliphatic rings. The minimum Gasteiger partial charge on any atom is -0.481 e. The van der Waals surface area contributed by atoms with Gasteiger partial charge in [0.05, 0.1) is 29.8 Å². The summed E-state index contributed by atoms with van der Waals surface area (Å²) in [5.41, 5.74) is 12.6. The summed E-state index contributed by atoms with van der Waals surface area (Å²) in [5, 5.41) is 21.1. The molecule has 2 aliphatic heterocycles. The number of nitrogens with one attached hydrogen (secondary N) is 5. The number of aliphatic imine (C=N–C) groups is 2. The first-order valence-electron chi connectivity index (χ1n) is 18.4. The highest BCUT2D eigenvalue weighted by Gasteiger charge is 2.30. The second-order valence-electron chi connectivity index (χ2n) is 14.2. The lowest BCUT2D eigenvalue weighted by molar-refractivity contribution is -0.142. The second kappa shape index (κ2) is 13.8. The van der Waals surface area contributed by atoms with E-state index in [0.29, 0.717) is 31.6 Å². The topological polar surface area (TPSA) is 198 Å². The number of fused-ring (bicyclic) bond motifs is 8. The first-order chi connectivity index (χ1) is 26.4. The number of hydrogen-bond acceptors (Lipinski definition) is 10. The monoisotopic (exact) mass is 721 g/mol. The van der Waals surface area contributed by atoms with E-state index >= 15 is 0 Å². The molecule has 1 amide bonds. The maximum absolute atomic E-state index is 12.4. The number of amides is 1. The van der Waals surface area contributed by atoms with Crippen molar-refractivity contribution in [2.24, 2.45) is 21.8 Å². The molecule has 4 aromatic heterocycles. The summed E-state index contributed by atoms with van der Waals surface area (Å²) in [6.07, 6.45) is 11.2. The number of H-pyrrole nitrogens is 2. The number of nitrogens with zero attached hydrogens (tertiary/aromatic N) is 6. The van der Waals surface area contributed by atoms with Gasteiger partial charge in [0, 0.05) is 47.7 Å². The Morgan fingerprint density at radius 2 is 1.26 bits per heavy atom. The minimum absolute atomic E-state index is 0.00397. The number of carboxylic acid groups (broad SMARTS) is 1. The highest BCUT2D eigenvalue weighted by molar-refractivity contribution is 5.96. The van der Waals surface area contributed by atoms with Crippen molar-refractivity contribution in [3.8, 4) is 0 Å². The Kier molecular flexibility index (Phi) is 8.56. The van der Waals surface area contributed by atoms with Crippen LogP contribution in [0.25, 0.3) is 22.1 Å². The predicted octanol–water partition coefficient (Wildman–Crippen LogP) is 5.70. The van der Waals surface area contributed by atoms with Crippen LogP contribution in [0.4, 0.5) is 23.0 Å². The van der Waals surface area contributed by atoms with Crippen molar-refractivity contribution in [1.29, 1.82) is 0 Å². The Morgan fingerprint density at radius 3 is 1.78 bits per heavy atom. The number of carbonyl (C=O) groups excluding carboxylic acids is 1. The van der Waals surface area contributed by atoms with Gasteiger partial charge in [0.15, 0.2) is 0 Å². The first kappa shape index (κ1) is 33.4. The predicted molar refractivity (Wildman–Crippen MR) is 207 cm³/mol. The number of aliphatic carboxylic acids is 1. The van der Waals surface area contributed by atoms with E-state index in [9.17, 15) is 14.7 Å². The molecule has 272 valence electrons. The highest BCUT2D eigenvalue weighted by atomic mass is 16.4. The molecule has 14 nitrogen and oxygen atoms in total. The first-order valence-corrected chi connectivity index (χ1v) is 18.4. The van der Waals surface area contributed by atoms with E-state index in [0.717, 1.165) is 99.6 Å².